The molecule has 30 heterocycles. The Labute approximate surface area is 643 Å². The Hall–Kier alpha value is -1.60. The highest BCUT2D eigenvalue weighted by molar-refractivity contribution is 5.05. The second-order valence-corrected chi connectivity index (χ2v) is 27.5. The van der Waals surface area contributed by atoms with Crippen LogP contribution in [-0.4, -0.2) is 465 Å². The molecule has 30 fully saturated rings. The van der Waals surface area contributed by atoms with Crippen molar-refractivity contribution in [3.8, 4) is 0 Å². The third kappa shape index (κ3) is 19.8. The summed E-state index contributed by atoms with van der Waals surface area (Å²) in [5, 5.41) is 22.8. The normalized spacial score (nSPS) is 46.7. The molecule has 16 bridgehead atoms. The van der Waals surface area contributed by atoms with E-state index < -0.39 is 259 Å². The molecule has 644 valence electrons. The Kier molecular flexibility index (Phi) is 37.7. The van der Waals surface area contributed by atoms with Crippen LogP contribution in [0.1, 0.15) is 0 Å². The van der Waals surface area contributed by atoms with E-state index in [4.69, 9.17) is 180 Å². The summed E-state index contributed by atoms with van der Waals surface area (Å²) in [6, 6.07) is 0. The van der Waals surface area contributed by atoms with Gasteiger partial charge in [-0.3, -0.25) is 0 Å². The molecule has 0 spiro atoms. The minimum Gasteiger partial charge on any atom is -0.394 e. The maximum atomic E-state index is 11.4. The summed E-state index contributed by atoms with van der Waals surface area (Å²) in [6.45, 7) is -1.79. The second kappa shape index (κ2) is 45.0. The van der Waals surface area contributed by atoms with Crippen LogP contribution >= 0.6 is 0 Å². The number of hydrogen-bond acceptors (Lipinski definition) is 40. The Morgan fingerprint density at radius 1 is 0.155 bits per heavy atom. The zero-order valence-corrected chi connectivity index (χ0v) is 67.2. The highest BCUT2D eigenvalue weighted by Gasteiger charge is 2.63. The van der Waals surface area contributed by atoms with Gasteiger partial charge in [-0.1, -0.05) is 0 Å². The van der Waals surface area contributed by atoms with E-state index in [0.29, 0.717) is 0 Å². The Morgan fingerprint density at radius 2 is 0.264 bits per heavy atom. The van der Waals surface area contributed by atoms with Crippen molar-refractivity contribution in [2.75, 3.05) is 209 Å². The van der Waals surface area contributed by atoms with Gasteiger partial charge in [-0.2, -0.15) is 0 Å². The third-order valence-corrected chi connectivity index (χ3v) is 21.8. The lowest BCUT2D eigenvalue weighted by molar-refractivity contribution is -0.409. The summed E-state index contributed by atoms with van der Waals surface area (Å²) >= 11 is 0. The Morgan fingerprint density at radius 3 is 0.364 bits per heavy atom. The van der Waals surface area contributed by atoms with Gasteiger partial charge in [0.1, 0.15) is 195 Å². The molecular formula is C70H124O40. The molecule has 0 saturated carbocycles. The van der Waals surface area contributed by atoms with E-state index in [0.717, 1.165) is 0 Å². The highest BCUT2D eigenvalue weighted by Crippen LogP contribution is 2.44. The van der Waals surface area contributed by atoms with E-state index in [2.05, 4.69) is 0 Å². The van der Waals surface area contributed by atoms with Crippen LogP contribution in [0.2, 0.25) is 0 Å². The Bertz CT molecular complexity index is 2370. The van der Waals surface area contributed by atoms with Crippen LogP contribution in [0, 0.1) is 0 Å². The fourth-order valence-electron chi connectivity index (χ4n) is 16.7. The van der Waals surface area contributed by atoms with Crippen molar-refractivity contribution < 1.29 is 190 Å². The van der Waals surface area contributed by atoms with Crippen molar-refractivity contribution in [1.82, 2.24) is 0 Å². The van der Waals surface area contributed by atoms with E-state index in [9.17, 15) is 10.2 Å². The Balaban J connectivity index is 1.11. The van der Waals surface area contributed by atoms with Crippen LogP contribution in [0.15, 0.2) is 0 Å². The van der Waals surface area contributed by atoms with Gasteiger partial charge >= 0.3 is 0 Å². The fourth-order valence-corrected chi connectivity index (χ4v) is 16.7. The molecule has 0 amide bonds. The molecular weight excluding hydrogens is 1480 g/mol. The lowest BCUT2D eigenvalue weighted by Crippen LogP contribution is -2.70. The molecule has 30 saturated heterocycles. The average molecular weight is 1610 g/mol. The molecule has 0 aromatic carbocycles. The molecule has 0 aromatic rings. The third-order valence-electron chi connectivity index (χ3n) is 21.8. The second-order valence-electron chi connectivity index (χ2n) is 27.5. The van der Waals surface area contributed by atoms with E-state index in [-0.39, 0.29) is 39.6 Å². The van der Waals surface area contributed by atoms with Gasteiger partial charge in [0.2, 0.25) is 0 Å². The van der Waals surface area contributed by atoms with Gasteiger partial charge in [0.05, 0.1) is 52.9 Å². The first-order chi connectivity index (χ1) is 53.5. The van der Waals surface area contributed by atoms with Gasteiger partial charge in [0.15, 0.2) is 50.3 Å². The average Bonchev–Trinajstić information content (AvgIpc) is 0.764. The van der Waals surface area contributed by atoms with Crippen molar-refractivity contribution in [2.45, 2.75) is 246 Å². The molecule has 110 heavy (non-hydrogen) atoms. The van der Waals surface area contributed by atoms with Gasteiger partial charge in [0.25, 0.3) is 0 Å². The summed E-state index contributed by atoms with van der Waals surface area (Å²) in [7, 11) is 32.4. The number of hydrogen-bond donors (Lipinski definition) is 2. The minimum absolute atomic E-state index is 0.0808. The predicted molar refractivity (Wildman–Crippen MR) is 366 cm³/mol. The maximum Gasteiger partial charge on any atom is 0.187 e. The maximum absolute atomic E-state index is 11.4. The minimum atomic E-state index is -1.34. The quantitative estimate of drug-likeness (QED) is 0.0723. The van der Waals surface area contributed by atoms with E-state index in [1.54, 1.807) is 0 Å². The van der Waals surface area contributed by atoms with Crippen molar-refractivity contribution in [1.29, 1.82) is 0 Å². The number of ether oxygens (including phenoxy) is 38. The molecule has 0 unspecified atom stereocenters. The molecule has 0 radical (unpaired) electrons. The van der Waals surface area contributed by atoms with E-state index in [1.165, 1.54) is 156 Å². The van der Waals surface area contributed by atoms with E-state index >= 15 is 0 Å². The first kappa shape index (κ1) is 92.3. The fraction of sp³-hybridized carbons (Fsp3) is 1.00. The van der Waals surface area contributed by atoms with Crippen molar-refractivity contribution >= 4 is 0 Å². The van der Waals surface area contributed by atoms with Crippen LogP contribution in [0.4, 0.5) is 0 Å². The van der Waals surface area contributed by atoms with Gasteiger partial charge in [-0.25, -0.2) is 0 Å². The molecule has 40 nitrogen and oxygen atoms in total. The first-order valence-electron chi connectivity index (χ1n) is 36.6. The molecule has 2 N–H and O–H groups in total. The number of aliphatic hydroxyl groups excluding tert-OH is 2. The molecule has 0 aromatic heterocycles. The monoisotopic (exact) mass is 1600 g/mol. The molecule has 30 aliphatic heterocycles. The van der Waals surface area contributed by atoms with Crippen LogP contribution in [0.5, 0.6) is 0 Å². The predicted octanol–water partition coefficient (Wildman–Crippen LogP) is -3.02. The summed E-state index contributed by atoms with van der Waals surface area (Å²) in [5.41, 5.74) is 0. The molecule has 30 rings (SSSR count). The van der Waals surface area contributed by atoms with Crippen molar-refractivity contribution in [3.05, 3.63) is 0 Å². The van der Waals surface area contributed by atoms with E-state index in [1.807, 2.05) is 0 Å². The lowest BCUT2D eigenvalue weighted by atomic mass is 9.94. The smallest absolute Gasteiger partial charge is 0.187 e. The van der Waals surface area contributed by atoms with Gasteiger partial charge in [-0.15, -0.1) is 0 Å². The van der Waals surface area contributed by atoms with Crippen LogP contribution in [0.25, 0.3) is 0 Å². The standard InChI is InChI=1S/C70H124O40/c1-73-25-33-41-49(81-9)59(91-19)67(99-33)109-45-37(29-77-5)101-69(61(93-21)53(45)85-13)107-43-35(27-75-3)98-66(58(90-18)51(43)83-11)104-40-32(24-72)96-64(56(88-16)48(40)80-8)106-42-34(26-74-2)100-68(60(92-20)50(42)82-10)110-46-38(30-78-6)102-70(62(94-22)54(46)86-14)108-44-36(28-76-4)97-65(57(89-17)52(44)84-12)103-39-31(23-71)95-63(105-41)55(87-15)47(39)79-7/h31-72H,23-30H2,1-22H3/t31-,32-,33-,34-,35-,36+,37-,38-,39-,40-,41-,42-,43-,44-,45-,46-,47+,48+,49+,50-,51+,52+,53+,54+,55-,56-,57-,58-,59-,60+,61-,62-,63-,64-,65-,66-,67-,68-,69-,70-/m1/s1. The highest BCUT2D eigenvalue weighted by atomic mass is 16.8. The zero-order chi connectivity index (χ0) is 79.6. The van der Waals surface area contributed by atoms with Crippen molar-refractivity contribution in [3.63, 3.8) is 0 Å². The number of aliphatic hydroxyl groups is 2. The summed E-state index contributed by atoms with van der Waals surface area (Å²) in [4.78, 5) is 0. The van der Waals surface area contributed by atoms with Gasteiger partial charge in [0, 0.05) is 156 Å². The van der Waals surface area contributed by atoms with Crippen LogP contribution in [0.3, 0.4) is 0 Å². The van der Waals surface area contributed by atoms with Gasteiger partial charge in [-0.05, 0) is 0 Å². The summed E-state index contributed by atoms with van der Waals surface area (Å²) < 4.78 is 245. The largest absolute Gasteiger partial charge is 0.394 e. The van der Waals surface area contributed by atoms with Gasteiger partial charge < -0.3 is 190 Å². The number of rotatable bonds is 30. The van der Waals surface area contributed by atoms with Crippen LogP contribution in [-0.2, 0) is 180 Å². The summed E-state index contributed by atoms with van der Waals surface area (Å²) in [5.74, 6) is 0. The topological polar surface area (TPSA) is 391 Å². The number of methoxy groups -OCH3 is 22. The molecule has 0 aliphatic carbocycles. The van der Waals surface area contributed by atoms with Crippen molar-refractivity contribution in [2.24, 2.45) is 0 Å². The summed E-state index contributed by atoms with van der Waals surface area (Å²) in [6.07, 6.45) is -44.5. The zero-order valence-electron chi connectivity index (χ0n) is 67.2. The lowest BCUT2D eigenvalue weighted by Gasteiger charge is -2.53. The molecule has 40 heteroatoms. The SMILES string of the molecule is COC[C@@H]1O[C@@H]2O[C@H]3[C@H](OC)[C@@H](OC)[C@@H](O[C@H]4[C@H](OC)[C@@H](OC)[C@@H](O[C@H]5[C@H](OC)[C@@H](OC)[C@@H](O[C@H]6[C@H](OC)[C@@H](OC)[C@@H](O[C@H]7[C@H](OC)[C@@H](OC)[C@@H](O[C@H]8[C@@H](OC)[C@H](OC)[C@@H](O[C@H]9[C@H](OC)[C@@H](OC)[C@@H](O[C@H]1[C@H](OC)[C@H]2OC)O[C@@H]9COC)O[C@@H]8COC)O[C@@H]7CO)O[C@@H]6COC)O[C@@H]5COC)O[C@@H]4COC)O[C@@H]3CO. The van der Waals surface area contributed by atoms with Crippen LogP contribution < -0.4 is 0 Å². The first-order valence-corrected chi connectivity index (χ1v) is 36.6. The molecule has 40 atom stereocenters. The molecule has 30 aliphatic rings.